The molecule has 0 bridgehead atoms. The summed E-state index contributed by atoms with van der Waals surface area (Å²) in [5, 5.41) is 0. The first kappa shape index (κ1) is 12.0. The molecule has 0 saturated carbocycles. The molecule has 0 radical (unpaired) electrons. The summed E-state index contributed by atoms with van der Waals surface area (Å²) in [7, 11) is 0. The minimum Gasteiger partial charge on any atom is -0.368 e. The van der Waals surface area contributed by atoms with E-state index < -0.39 is 11.7 Å². The van der Waals surface area contributed by atoms with Crippen molar-refractivity contribution in [3.63, 3.8) is 0 Å². The fraction of sp³-hybridized carbons (Fsp3) is 0.111. The van der Waals surface area contributed by atoms with Gasteiger partial charge in [0.05, 0.1) is 5.56 Å². The average molecular weight is 256 g/mol. The van der Waals surface area contributed by atoms with Crippen LogP contribution in [0.25, 0.3) is 11.5 Å². The highest BCUT2D eigenvalue weighted by atomic mass is 19.4. The number of rotatable bonds is 1. The number of nitrogens with zero attached hydrogens (tertiary/aromatic N) is 4. The van der Waals surface area contributed by atoms with Crippen LogP contribution < -0.4 is 11.5 Å². The molecule has 2 aromatic rings. The second-order valence-electron chi connectivity index (χ2n) is 3.31. The monoisotopic (exact) mass is 256 g/mol. The maximum Gasteiger partial charge on any atom is 0.417 e. The lowest BCUT2D eigenvalue weighted by atomic mass is 10.2. The Morgan fingerprint density at radius 3 is 2.00 bits per heavy atom. The number of hydrogen-bond acceptors (Lipinski definition) is 6. The van der Waals surface area contributed by atoms with Gasteiger partial charge in [-0.2, -0.15) is 28.1 Å². The largest absolute Gasteiger partial charge is 0.417 e. The zero-order valence-electron chi connectivity index (χ0n) is 8.81. The van der Waals surface area contributed by atoms with E-state index in [1.807, 2.05) is 0 Å². The molecule has 2 rings (SSSR count). The quantitative estimate of drug-likeness (QED) is 0.792. The summed E-state index contributed by atoms with van der Waals surface area (Å²) in [6, 6.07) is 2.01. The first-order chi connectivity index (χ1) is 8.36. The number of alkyl halides is 3. The second-order valence-corrected chi connectivity index (χ2v) is 3.31. The topological polar surface area (TPSA) is 104 Å². The van der Waals surface area contributed by atoms with Crippen molar-refractivity contribution in [3.05, 3.63) is 23.9 Å². The molecule has 2 aromatic heterocycles. The second kappa shape index (κ2) is 4.09. The third-order valence-electron chi connectivity index (χ3n) is 1.99. The molecule has 0 aliphatic heterocycles. The molecule has 0 saturated heterocycles. The summed E-state index contributed by atoms with van der Waals surface area (Å²) >= 11 is 0. The number of aromatic nitrogens is 4. The normalized spacial score (nSPS) is 11.5. The number of nitrogen functional groups attached to an aromatic ring is 2. The molecule has 6 nitrogen and oxygen atoms in total. The van der Waals surface area contributed by atoms with Gasteiger partial charge in [-0.05, 0) is 12.1 Å². The van der Waals surface area contributed by atoms with Gasteiger partial charge in [0.1, 0.15) is 5.69 Å². The van der Waals surface area contributed by atoms with Gasteiger partial charge in [-0.1, -0.05) is 0 Å². The van der Waals surface area contributed by atoms with Gasteiger partial charge in [-0.25, -0.2) is 0 Å². The van der Waals surface area contributed by atoms with Gasteiger partial charge < -0.3 is 11.5 Å². The molecule has 94 valence electrons. The van der Waals surface area contributed by atoms with E-state index in [-0.39, 0.29) is 23.4 Å². The van der Waals surface area contributed by atoms with Crippen molar-refractivity contribution in [2.75, 3.05) is 11.5 Å². The summed E-state index contributed by atoms with van der Waals surface area (Å²) in [5.41, 5.74) is 9.96. The summed E-state index contributed by atoms with van der Waals surface area (Å²) in [6.07, 6.45) is -3.76. The third-order valence-corrected chi connectivity index (χ3v) is 1.99. The van der Waals surface area contributed by atoms with Crippen LogP contribution in [-0.4, -0.2) is 19.9 Å². The van der Waals surface area contributed by atoms with Crippen LogP contribution in [-0.2, 0) is 6.18 Å². The Morgan fingerprint density at radius 1 is 0.944 bits per heavy atom. The average Bonchev–Trinajstić information content (AvgIpc) is 2.27. The maximum absolute atomic E-state index is 12.3. The van der Waals surface area contributed by atoms with Crippen molar-refractivity contribution in [2.24, 2.45) is 0 Å². The highest BCUT2D eigenvalue weighted by Gasteiger charge is 2.30. The molecular weight excluding hydrogens is 249 g/mol. The lowest BCUT2D eigenvalue weighted by Crippen LogP contribution is -2.07. The van der Waals surface area contributed by atoms with E-state index >= 15 is 0 Å². The standard InChI is InChI=1S/C9H7F3N6/c10-9(11,12)4-1-2-5(15-3-4)6-16-7(13)18-8(14)17-6/h1-3H,(H4,13,14,16,17,18). The maximum atomic E-state index is 12.3. The van der Waals surface area contributed by atoms with Gasteiger partial charge in [0.25, 0.3) is 0 Å². The fourth-order valence-electron chi connectivity index (χ4n) is 1.22. The van der Waals surface area contributed by atoms with E-state index in [1.54, 1.807) is 0 Å². The summed E-state index contributed by atoms with van der Waals surface area (Å²) < 4.78 is 37.0. The van der Waals surface area contributed by atoms with E-state index in [0.29, 0.717) is 6.20 Å². The van der Waals surface area contributed by atoms with Gasteiger partial charge >= 0.3 is 6.18 Å². The molecule has 0 fully saturated rings. The van der Waals surface area contributed by atoms with Crippen LogP contribution >= 0.6 is 0 Å². The Morgan fingerprint density at radius 2 is 1.56 bits per heavy atom. The molecule has 2 heterocycles. The molecule has 0 atom stereocenters. The van der Waals surface area contributed by atoms with E-state index in [9.17, 15) is 13.2 Å². The molecule has 0 aromatic carbocycles. The van der Waals surface area contributed by atoms with Crippen molar-refractivity contribution >= 4 is 11.9 Å². The Kier molecular flexibility index (Phi) is 2.73. The first-order valence-corrected chi connectivity index (χ1v) is 4.67. The first-order valence-electron chi connectivity index (χ1n) is 4.67. The summed E-state index contributed by atoms with van der Waals surface area (Å²) in [5.74, 6) is -0.230. The molecule has 0 spiro atoms. The Bertz CT molecular complexity index is 545. The predicted octanol–water partition coefficient (Wildman–Crippen LogP) is 1.12. The number of hydrogen-bond donors (Lipinski definition) is 2. The minimum atomic E-state index is -4.44. The Labute approximate surface area is 98.9 Å². The highest BCUT2D eigenvalue weighted by molar-refractivity contribution is 5.52. The van der Waals surface area contributed by atoms with Crippen molar-refractivity contribution in [1.82, 2.24) is 19.9 Å². The predicted molar refractivity (Wildman–Crippen MR) is 56.9 cm³/mol. The van der Waals surface area contributed by atoms with Crippen molar-refractivity contribution < 1.29 is 13.2 Å². The van der Waals surface area contributed by atoms with Crippen molar-refractivity contribution in [3.8, 4) is 11.5 Å². The Balaban J connectivity index is 2.40. The van der Waals surface area contributed by atoms with Crippen molar-refractivity contribution in [1.29, 1.82) is 0 Å². The number of pyridine rings is 1. The van der Waals surface area contributed by atoms with Crippen LogP contribution in [0, 0.1) is 0 Å². The molecule has 0 amide bonds. The molecule has 4 N–H and O–H groups in total. The summed E-state index contributed by atoms with van der Waals surface area (Å²) in [4.78, 5) is 14.6. The fourth-order valence-corrected chi connectivity index (χ4v) is 1.22. The van der Waals surface area contributed by atoms with Gasteiger partial charge in [0.15, 0.2) is 5.82 Å². The van der Waals surface area contributed by atoms with Gasteiger partial charge in [-0.15, -0.1) is 0 Å². The molecule has 0 aliphatic carbocycles. The van der Waals surface area contributed by atoms with Gasteiger partial charge in [-0.3, -0.25) is 4.98 Å². The van der Waals surface area contributed by atoms with Gasteiger partial charge in [0, 0.05) is 6.20 Å². The van der Waals surface area contributed by atoms with E-state index in [4.69, 9.17) is 11.5 Å². The van der Waals surface area contributed by atoms with E-state index in [2.05, 4.69) is 19.9 Å². The highest BCUT2D eigenvalue weighted by Crippen LogP contribution is 2.29. The molecule has 9 heteroatoms. The van der Waals surface area contributed by atoms with E-state index in [0.717, 1.165) is 12.1 Å². The van der Waals surface area contributed by atoms with Crippen LogP contribution in [0.2, 0.25) is 0 Å². The van der Waals surface area contributed by atoms with Crippen LogP contribution in [0.15, 0.2) is 18.3 Å². The number of nitrogens with two attached hydrogens (primary N) is 2. The lowest BCUT2D eigenvalue weighted by molar-refractivity contribution is -0.137. The lowest BCUT2D eigenvalue weighted by Gasteiger charge is -2.06. The SMILES string of the molecule is Nc1nc(N)nc(-c2ccc(C(F)(F)F)cn2)n1. The molecule has 18 heavy (non-hydrogen) atoms. The molecule has 0 unspecified atom stereocenters. The molecular formula is C9H7F3N6. The van der Waals surface area contributed by atoms with Crippen molar-refractivity contribution in [2.45, 2.75) is 6.18 Å². The third kappa shape index (κ3) is 2.44. The smallest absolute Gasteiger partial charge is 0.368 e. The Hall–Kier alpha value is -2.45. The van der Waals surface area contributed by atoms with Crippen LogP contribution in [0.1, 0.15) is 5.56 Å². The number of anilines is 2. The van der Waals surface area contributed by atoms with Crippen LogP contribution in [0.4, 0.5) is 25.1 Å². The zero-order valence-corrected chi connectivity index (χ0v) is 8.81. The molecule has 0 aliphatic rings. The van der Waals surface area contributed by atoms with Crippen LogP contribution in [0.5, 0.6) is 0 Å². The summed E-state index contributed by atoms with van der Waals surface area (Å²) in [6.45, 7) is 0. The van der Waals surface area contributed by atoms with Crippen LogP contribution in [0.3, 0.4) is 0 Å². The minimum absolute atomic E-state index is 0.0220. The van der Waals surface area contributed by atoms with Gasteiger partial charge in [0.2, 0.25) is 11.9 Å². The number of halogens is 3. The van der Waals surface area contributed by atoms with E-state index in [1.165, 1.54) is 0 Å². The zero-order chi connectivity index (χ0) is 13.3.